The molecular weight excluding hydrogens is 318 g/mol. The predicted molar refractivity (Wildman–Crippen MR) is 92.0 cm³/mol. The monoisotopic (exact) mass is 341 g/mol. The van der Waals surface area contributed by atoms with Gasteiger partial charge in [0.25, 0.3) is 0 Å². The number of aromatic nitrogens is 1. The maximum absolute atomic E-state index is 12.6. The second-order valence-electron chi connectivity index (χ2n) is 7.02. The van der Waals surface area contributed by atoms with E-state index in [1.165, 1.54) is 0 Å². The van der Waals surface area contributed by atoms with Gasteiger partial charge in [-0.3, -0.25) is 9.69 Å². The van der Waals surface area contributed by atoms with Crippen molar-refractivity contribution < 1.29 is 13.9 Å². The van der Waals surface area contributed by atoms with Gasteiger partial charge in [0, 0.05) is 31.3 Å². The number of hydrogen-bond donors (Lipinski definition) is 1. The van der Waals surface area contributed by atoms with Gasteiger partial charge in [-0.1, -0.05) is 6.07 Å². The summed E-state index contributed by atoms with van der Waals surface area (Å²) in [6, 6.07) is 9.60. The van der Waals surface area contributed by atoms with Gasteiger partial charge < -0.3 is 14.5 Å². The van der Waals surface area contributed by atoms with Crippen LogP contribution in [0.5, 0.6) is 5.88 Å². The molecule has 0 aromatic carbocycles. The number of carbonyl (C=O) groups excluding carboxylic acids is 1. The summed E-state index contributed by atoms with van der Waals surface area (Å²) in [6.07, 6.45) is 2.57. The van der Waals surface area contributed by atoms with Gasteiger partial charge in [-0.2, -0.15) is 0 Å². The molecule has 0 bridgehead atoms. The summed E-state index contributed by atoms with van der Waals surface area (Å²) >= 11 is 0. The van der Waals surface area contributed by atoms with Crippen LogP contribution < -0.4 is 10.1 Å². The Bertz CT molecular complexity index is 745. The Balaban J connectivity index is 1.42. The molecule has 6 nitrogen and oxygen atoms in total. The quantitative estimate of drug-likeness (QED) is 0.901. The first-order chi connectivity index (χ1) is 12.2. The van der Waals surface area contributed by atoms with E-state index in [0.717, 1.165) is 37.6 Å². The Morgan fingerprint density at radius 2 is 2.32 bits per heavy atom. The number of carbonyl (C=O) groups is 1. The average molecular weight is 341 g/mol. The number of nitrogens with zero attached hydrogens (tertiary/aromatic N) is 2. The highest BCUT2D eigenvalue weighted by Crippen LogP contribution is 2.42. The van der Waals surface area contributed by atoms with Crippen molar-refractivity contribution in [3.8, 4) is 5.88 Å². The first kappa shape index (κ1) is 16.1. The molecule has 2 aromatic rings. The fourth-order valence-electron chi connectivity index (χ4n) is 3.97. The van der Waals surface area contributed by atoms with Crippen LogP contribution in [0.1, 0.15) is 17.9 Å². The van der Waals surface area contributed by atoms with Crippen LogP contribution in [0.15, 0.2) is 40.9 Å². The second-order valence-corrected chi connectivity index (χ2v) is 7.02. The number of nitrogens with one attached hydrogen (secondary N) is 1. The van der Waals surface area contributed by atoms with Crippen molar-refractivity contribution in [2.45, 2.75) is 19.9 Å². The number of rotatable bonds is 5. The van der Waals surface area contributed by atoms with E-state index in [-0.39, 0.29) is 17.2 Å². The van der Waals surface area contributed by atoms with E-state index in [9.17, 15) is 4.79 Å². The standard InChI is InChI=1S/C19H23N3O3/c1-14-5-6-16(25-14)11-22-9-7-19(13-22)15(10-21-18(19)23)12-24-17-4-2-3-8-20-17/h2-6,8,15H,7,9-13H2,1H3,(H,21,23)/t15-,19+/m1/s1. The topological polar surface area (TPSA) is 67.6 Å². The van der Waals surface area contributed by atoms with Gasteiger partial charge in [-0.25, -0.2) is 4.98 Å². The summed E-state index contributed by atoms with van der Waals surface area (Å²) in [5, 5.41) is 3.04. The molecule has 2 aliphatic heterocycles. The van der Waals surface area contributed by atoms with Crippen molar-refractivity contribution in [1.29, 1.82) is 0 Å². The van der Waals surface area contributed by atoms with Crippen molar-refractivity contribution in [2.24, 2.45) is 11.3 Å². The molecule has 4 heterocycles. The Morgan fingerprint density at radius 1 is 1.40 bits per heavy atom. The third kappa shape index (κ3) is 3.14. The molecule has 0 saturated carbocycles. The molecule has 2 aromatic heterocycles. The molecule has 25 heavy (non-hydrogen) atoms. The molecule has 132 valence electrons. The lowest BCUT2D eigenvalue weighted by Gasteiger charge is -2.28. The van der Waals surface area contributed by atoms with E-state index in [1.54, 1.807) is 6.20 Å². The summed E-state index contributed by atoms with van der Waals surface area (Å²) in [6.45, 7) is 5.51. The predicted octanol–water partition coefficient (Wildman–Crippen LogP) is 2.00. The minimum absolute atomic E-state index is 0.153. The largest absolute Gasteiger partial charge is 0.477 e. The van der Waals surface area contributed by atoms with Crippen LogP contribution >= 0.6 is 0 Å². The number of pyridine rings is 1. The van der Waals surface area contributed by atoms with Crippen molar-refractivity contribution in [1.82, 2.24) is 15.2 Å². The zero-order valence-electron chi connectivity index (χ0n) is 14.4. The minimum Gasteiger partial charge on any atom is -0.477 e. The Kier molecular flexibility index (Phi) is 4.21. The number of amides is 1. The second kappa shape index (κ2) is 6.52. The smallest absolute Gasteiger partial charge is 0.228 e. The Labute approximate surface area is 147 Å². The maximum atomic E-state index is 12.6. The van der Waals surface area contributed by atoms with Gasteiger partial charge in [0.1, 0.15) is 11.5 Å². The zero-order chi connectivity index (χ0) is 17.3. The highest BCUT2D eigenvalue weighted by Gasteiger charge is 2.54. The molecule has 6 heteroatoms. The van der Waals surface area contributed by atoms with Gasteiger partial charge >= 0.3 is 0 Å². The molecule has 4 rings (SSSR count). The van der Waals surface area contributed by atoms with E-state index in [4.69, 9.17) is 9.15 Å². The number of furan rings is 1. The van der Waals surface area contributed by atoms with Crippen molar-refractivity contribution in [3.05, 3.63) is 48.0 Å². The maximum Gasteiger partial charge on any atom is 0.228 e. The van der Waals surface area contributed by atoms with E-state index in [0.29, 0.717) is 19.0 Å². The van der Waals surface area contributed by atoms with Gasteiger partial charge in [-0.05, 0) is 38.1 Å². The van der Waals surface area contributed by atoms with Crippen LogP contribution in [0.2, 0.25) is 0 Å². The van der Waals surface area contributed by atoms with Gasteiger partial charge in [0.15, 0.2) is 0 Å². The first-order valence-corrected chi connectivity index (χ1v) is 8.75. The molecule has 2 fully saturated rings. The van der Waals surface area contributed by atoms with Gasteiger partial charge in [-0.15, -0.1) is 0 Å². The van der Waals surface area contributed by atoms with Crippen LogP contribution in [-0.4, -0.2) is 42.0 Å². The molecule has 0 aliphatic carbocycles. The van der Waals surface area contributed by atoms with Crippen LogP contribution in [0.3, 0.4) is 0 Å². The van der Waals surface area contributed by atoms with Crippen LogP contribution in [0.4, 0.5) is 0 Å². The molecule has 0 unspecified atom stereocenters. The van der Waals surface area contributed by atoms with E-state index < -0.39 is 0 Å². The number of aryl methyl sites for hydroxylation is 1. The first-order valence-electron chi connectivity index (χ1n) is 8.75. The molecule has 1 N–H and O–H groups in total. The Hall–Kier alpha value is -2.34. The zero-order valence-corrected chi connectivity index (χ0v) is 14.4. The third-order valence-corrected chi connectivity index (χ3v) is 5.37. The SMILES string of the molecule is Cc1ccc(CN2CC[C@@]3(C2)C(=O)NC[C@@H]3COc2ccccn2)o1. The number of ether oxygens (including phenoxy) is 1. The summed E-state index contributed by atoms with van der Waals surface area (Å²) in [5.74, 6) is 2.79. The number of hydrogen-bond acceptors (Lipinski definition) is 5. The molecule has 2 aliphatic rings. The highest BCUT2D eigenvalue weighted by molar-refractivity contribution is 5.86. The Morgan fingerprint density at radius 3 is 3.08 bits per heavy atom. The van der Waals surface area contributed by atoms with E-state index in [1.807, 2.05) is 37.3 Å². The van der Waals surface area contributed by atoms with Crippen molar-refractivity contribution in [3.63, 3.8) is 0 Å². The highest BCUT2D eigenvalue weighted by atomic mass is 16.5. The van der Waals surface area contributed by atoms with Crippen LogP contribution in [0.25, 0.3) is 0 Å². The molecule has 1 amide bonds. The lowest BCUT2D eigenvalue weighted by molar-refractivity contribution is -0.128. The fraction of sp³-hybridized carbons (Fsp3) is 0.474. The molecule has 0 radical (unpaired) electrons. The summed E-state index contributed by atoms with van der Waals surface area (Å²) in [7, 11) is 0. The molecule has 2 saturated heterocycles. The summed E-state index contributed by atoms with van der Waals surface area (Å²) in [5.41, 5.74) is -0.365. The molecule has 1 spiro atoms. The average Bonchev–Trinajstić information content (AvgIpc) is 3.30. The lowest BCUT2D eigenvalue weighted by Crippen LogP contribution is -2.40. The van der Waals surface area contributed by atoms with Gasteiger partial charge in [0.05, 0.1) is 18.6 Å². The van der Waals surface area contributed by atoms with E-state index >= 15 is 0 Å². The van der Waals surface area contributed by atoms with Crippen LogP contribution in [-0.2, 0) is 11.3 Å². The number of likely N-dealkylation sites (tertiary alicyclic amines) is 1. The summed E-state index contributed by atoms with van der Waals surface area (Å²) in [4.78, 5) is 19.1. The van der Waals surface area contributed by atoms with Crippen molar-refractivity contribution in [2.75, 3.05) is 26.2 Å². The minimum atomic E-state index is -0.365. The molecule has 2 atom stereocenters. The lowest BCUT2D eigenvalue weighted by atomic mass is 9.77. The van der Waals surface area contributed by atoms with Crippen molar-refractivity contribution >= 4 is 5.91 Å². The van der Waals surface area contributed by atoms with E-state index in [2.05, 4.69) is 15.2 Å². The summed E-state index contributed by atoms with van der Waals surface area (Å²) < 4.78 is 11.5. The van der Waals surface area contributed by atoms with Crippen LogP contribution in [0, 0.1) is 18.3 Å². The normalized spacial score (nSPS) is 26.3. The fourth-order valence-corrected chi connectivity index (χ4v) is 3.97. The molecular formula is C19H23N3O3. The third-order valence-electron chi connectivity index (χ3n) is 5.37. The van der Waals surface area contributed by atoms with Gasteiger partial charge in [0.2, 0.25) is 11.8 Å².